The first-order valence-corrected chi connectivity index (χ1v) is 9.45. The number of anilines is 1. The SMILES string of the molecule is CCN(CC)C(=O)c1ccc(S(=O)(=O)Nc2cccc(OC)c2)cc1. The summed E-state index contributed by atoms with van der Waals surface area (Å²) in [6.45, 7) is 5.01. The van der Waals surface area contributed by atoms with Crippen molar-refractivity contribution in [2.45, 2.75) is 18.7 Å². The molecule has 2 aromatic rings. The Morgan fingerprint density at radius 2 is 1.72 bits per heavy atom. The maximum absolute atomic E-state index is 12.5. The summed E-state index contributed by atoms with van der Waals surface area (Å²) in [7, 11) is -2.23. The largest absolute Gasteiger partial charge is 0.497 e. The second-order valence-corrected chi connectivity index (χ2v) is 7.02. The molecular formula is C18H22N2O4S. The van der Waals surface area contributed by atoms with Gasteiger partial charge in [0.2, 0.25) is 0 Å². The lowest BCUT2D eigenvalue weighted by molar-refractivity contribution is 0.0773. The van der Waals surface area contributed by atoms with Crippen LogP contribution < -0.4 is 9.46 Å². The Balaban J connectivity index is 2.21. The average molecular weight is 362 g/mol. The Hall–Kier alpha value is -2.54. The normalized spacial score (nSPS) is 11.0. The van der Waals surface area contributed by atoms with E-state index in [0.717, 1.165) is 0 Å². The summed E-state index contributed by atoms with van der Waals surface area (Å²) in [4.78, 5) is 14.0. The van der Waals surface area contributed by atoms with Gasteiger partial charge in [-0.3, -0.25) is 9.52 Å². The van der Waals surface area contributed by atoms with Crippen LogP contribution in [0.25, 0.3) is 0 Å². The molecule has 0 unspecified atom stereocenters. The summed E-state index contributed by atoms with van der Waals surface area (Å²) in [6.07, 6.45) is 0. The van der Waals surface area contributed by atoms with E-state index in [4.69, 9.17) is 4.74 Å². The van der Waals surface area contributed by atoms with Crippen molar-refractivity contribution >= 4 is 21.6 Å². The number of ether oxygens (including phenoxy) is 1. The molecule has 0 saturated heterocycles. The van der Waals surface area contributed by atoms with E-state index in [1.807, 2.05) is 13.8 Å². The Labute approximate surface area is 148 Å². The maximum Gasteiger partial charge on any atom is 0.261 e. The van der Waals surface area contributed by atoms with Crippen molar-refractivity contribution in [3.05, 3.63) is 54.1 Å². The number of carbonyl (C=O) groups excluding carboxylic acids is 1. The van der Waals surface area contributed by atoms with Crippen LogP contribution in [0.3, 0.4) is 0 Å². The Morgan fingerprint density at radius 3 is 2.28 bits per heavy atom. The molecule has 0 saturated carbocycles. The molecule has 1 amide bonds. The molecule has 0 radical (unpaired) electrons. The van der Waals surface area contributed by atoms with E-state index in [1.54, 1.807) is 29.2 Å². The smallest absolute Gasteiger partial charge is 0.261 e. The van der Waals surface area contributed by atoms with Crippen LogP contribution in [-0.2, 0) is 10.0 Å². The van der Waals surface area contributed by atoms with E-state index < -0.39 is 10.0 Å². The van der Waals surface area contributed by atoms with E-state index in [9.17, 15) is 13.2 Å². The molecule has 1 N–H and O–H groups in total. The van der Waals surface area contributed by atoms with Crippen LogP contribution in [0.15, 0.2) is 53.4 Å². The number of nitrogens with zero attached hydrogens (tertiary/aromatic N) is 1. The Morgan fingerprint density at radius 1 is 1.08 bits per heavy atom. The van der Waals surface area contributed by atoms with Crippen LogP contribution in [0, 0.1) is 0 Å². The van der Waals surface area contributed by atoms with Gasteiger partial charge in [0.1, 0.15) is 5.75 Å². The predicted molar refractivity (Wildman–Crippen MR) is 97.5 cm³/mol. The highest BCUT2D eigenvalue weighted by Gasteiger charge is 2.17. The van der Waals surface area contributed by atoms with Gasteiger partial charge in [0.15, 0.2) is 0 Å². The highest BCUT2D eigenvalue weighted by molar-refractivity contribution is 7.92. The average Bonchev–Trinajstić information content (AvgIpc) is 2.62. The number of hydrogen-bond donors (Lipinski definition) is 1. The molecule has 0 aliphatic rings. The number of hydrogen-bond acceptors (Lipinski definition) is 4. The van der Waals surface area contributed by atoms with Gasteiger partial charge in [-0.1, -0.05) is 6.07 Å². The minimum Gasteiger partial charge on any atom is -0.497 e. The molecule has 0 spiro atoms. The van der Waals surface area contributed by atoms with E-state index in [1.165, 1.54) is 31.4 Å². The monoisotopic (exact) mass is 362 g/mol. The third-order valence-corrected chi connectivity index (χ3v) is 5.18. The minimum atomic E-state index is -3.74. The number of carbonyl (C=O) groups is 1. The molecule has 0 aromatic heterocycles. The number of benzene rings is 2. The van der Waals surface area contributed by atoms with E-state index >= 15 is 0 Å². The van der Waals surface area contributed by atoms with Crippen LogP contribution in [0.4, 0.5) is 5.69 Å². The molecule has 6 nitrogen and oxygen atoms in total. The zero-order valence-corrected chi connectivity index (χ0v) is 15.3. The summed E-state index contributed by atoms with van der Waals surface area (Å²) < 4.78 is 32.5. The van der Waals surface area contributed by atoms with Gasteiger partial charge in [-0.2, -0.15) is 0 Å². The second-order valence-electron chi connectivity index (χ2n) is 5.34. The molecule has 0 aliphatic carbocycles. The number of nitrogens with one attached hydrogen (secondary N) is 1. The van der Waals surface area contributed by atoms with E-state index in [0.29, 0.717) is 30.1 Å². The maximum atomic E-state index is 12.5. The van der Waals surface area contributed by atoms with Gasteiger partial charge >= 0.3 is 0 Å². The summed E-state index contributed by atoms with van der Waals surface area (Å²) in [5.74, 6) is 0.440. The minimum absolute atomic E-state index is 0.0893. The molecule has 134 valence electrons. The third kappa shape index (κ3) is 4.51. The molecule has 0 heterocycles. The van der Waals surface area contributed by atoms with Gasteiger partial charge < -0.3 is 9.64 Å². The number of sulfonamides is 1. The lowest BCUT2D eigenvalue weighted by Gasteiger charge is -2.18. The van der Waals surface area contributed by atoms with Crippen LogP contribution in [-0.4, -0.2) is 39.4 Å². The van der Waals surface area contributed by atoms with Crippen LogP contribution >= 0.6 is 0 Å². The van der Waals surface area contributed by atoms with Crippen LogP contribution in [0.1, 0.15) is 24.2 Å². The van der Waals surface area contributed by atoms with Gasteiger partial charge in [0.25, 0.3) is 15.9 Å². The van der Waals surface area contributed by atoms with Gasteiger partial charge in [-0.25, -0.2) is 8.42 Å². The van der Waals surface area contributed by atoms with E-state index in [-0.39, 0.29) is 10.8 Å². The van der Waals surface area contributed by atoms with E-state index in [2.05, 4.69) is 4.72 Å². The quantitative estimate of drug-likeness (QED) is 0.822. The number of methoxy groups -OCH3 is 1. The van der Waals surface area contributed by atoms with Crippen molar-refractivity contribution in [1.82, 2.24) is 4.90 Å². The third-order valence-electron chi connectivity index (χ3n) is 3.78. The summed E-state index contributed by atoms with van der Waals surface area (Å²) in [5, 5.41) is 0. The molecule has 2 aromatic carbocycles. The molecule has 0 atom stereocenters. The van der Waals surface area contributed by atoms with Crippen LogP contribution in [0.5, 0.6) is 5.75 Å². The van der Waals surface area contributed by atoms with Crippen molar-refractivity contribution in [2.24, 2.45) is 0 Å². The molecule has 0 bridgehead atoms. The first-order chi connectivity index (χ1) is 11.9. The standard InChI is InChI=1S/C18H22N2O4S/c1-4-20(5-2)18(21)14-9-11-17(12-10-14)25(22,23)19-15-7-6-8-16(13-15)24-3/h6-13,19H,4-5H2,1-3H3. The predicted octanol–water partition coefficient (Wildman–Crippen LogP) is 2.98. The van der Waals surface area contributed by atoms with Crippen molar-refractivity contribution in [1.29, 1.82) is 0 Å². The Kier molecular flexibility index (Phi) is 6.03. The number of rotatable bonds is 7. The highest BCUT2D eigenvalue weighted by Crippen LogP contribution is 2.21. The summed E-state index contributed by atoms with van der Waals surface area (Å²) in [6, 6.07) is 12.6. The lowest BCUT2D eigenvalue weighted by Crippen LogP contribution is -2.30. The summed E-state index contributed by atoms with van der Waals surface area (Å²) >= 11 is 0. The molecule has 0 aliphatic heterocycles. The molecule has 2 rings (SSSR count). The van der Waals surface area contributed by atoms with Crippen molar-refractivity contribution in [2.75, 3.05) is 24.9 Å². The lowest BCUT2D eigenvalue weighted by atomic mass is 10.2. The molecule has 0 fully saturated rings. The van der Waals surface area contributed by atoms with Gasteiger partial charge in [0, 0.05) is 24.7 Å². The first-order valence-electron chi connectivity index (χ1n) is 7.97. The highest BCUT2D eigenvalue weighted by atomic mass is 32.2. The zero-order chi connectivity index (χ0) is 18.4. The topological polar surface area (TPSA) is 75.7 Å². The van der Waals surface area contributed by atoms with Gasteiger partial charge in [-0.05, 0) is 50.2 Å². The van der Waals surface area contributed by atoms with Gasteiger partial charge in [0.05, 0.1) is 17.7 Å². The molecular weight excluding hydrogens is 340 g/mol. The summed E-state index contributed by atoms with van der Waals surface area (Å²) in [5.41, 5.74) is 0.867. The molecule has 25 heavy (non-hydrogen) atoms. The first kappa shape index (κ1) is 18.8. The van der Waals surface area contributed by atoms with Crippen LogP contribution in [0.2, 0.25) is 0 Å². The van der Waals surface area contributed by atoms with Crippen molar-refractivity contribution in [3.8, 4) is 5.75 Å². The van der Waals surface area contributed by atoms with Gasteiger partial charge in [-0.15, -0.1) is 0 Å². The fraction of sp³-hybridized carbons (Fsp3) is 0.278. The van der Waals surface area contributed by atoms with Crippen molar-refractivity contribution in [3.63, 3.8) is 0 Å². The second kappa shape index (κ2) is 8.02. The zero-order valence-electron chi connectivity index (χ0n) is 14.5. The molecule has 7 heteroatoms. The fourth-order valence-electron chi connectivity index (χ4n) is 2.37. The van der Waals surface area contributed by atoms with Crippen molar-refractivity contribution < 1.29 is 17.9 Å². The number of amides is 1. The fourth-order valence-corrected chi connectivity index (χ4v) is 3.42. The Bertz CT molecular complexity index is 828.